The molecule has 1 atom stereocenters. The van der Waals surface area contributed by atoms with E-state index in [9.17, 15) is 18.0 Å². The van der Waals surface area contributed by atoms with Gasteiger partial charge in [-0.3, -0.25) is 4.79 Å². The number of hydrogen-bond acceptors (Lipinski definition) is 5. The van der Waals surface area contributed by atoms with Gasteiger partial charge in [0.1, 0.15) is 11.0 Å². The van der Waals surface area contributed by atoms with E-state index in [2.05, 4.69) is 15.5 Å². The van der Waals surface area contributed by atoms with Gasteiger partial charge in [0.05, 0.1) is 12.7 Å². The zero-order valence-corrected chi connectivity index (χ0v) is 19.6. The van der Waals surface area contributed by atoms with E-state index < -0.39 is 22.9 Å². The highest BCUT2D eigenvalue weighted by molar-refractivity contribution is 8.00. The van der Waals surface area contributed by atoms with E-state index in [4.69, 9.17) is 4.74 Å². The van der Waals surface area contributed by atoms with Crippen molar-refractivity contribution in [3.05, 3.63) is 90.0 Å². The molecule has 0 saturated heterocycles. The van der Waals surface area contributed by atoms with Crippen LogP contribution in [0.2, 0.25) is 0 Å². The van der Waals surface area contributed by atoms with Crippen LogP contribution in [0.3, 0.4) is 0 Å². The first-order valence-electron chi connectivity index (χ1n) is 10.5. The Balaban J connectivity index is 1.61. The van der Waals surface area contributed by atoms with E-state index in [1.807, 2.05) is 30.3 Å². The predicted octanol–water partition coefficient (Wildman–Crippen LogP) is 5.98. The molecule has 0 saturated carbocycles. The average molecular weight is 499 g/mol. The summed E-state index contributed by atoms with van der Waals surface area (Å²) >= 11 is 1.16. The number of methoxy groups -OCH3 is 1. The molecule has 180 valence electrons. The molecule has 0 bridgehead atoms. The summed E-state index contributed by atoms with van der Waals surface area (Å²) in [5.41, 5.74) is 0.716. The molecule has 0 aliphatic carbocycles. The van der Waals surface area contributed by atoms with Crippen molar-refractivity contribution in [3.63, 3.8) is 0 Å². The lowest BCUT2D eigenvalue weighted by Gasteiger charge is -2.17. The molecule has 0 fully saturated rings. The lowest BCUT2D eigenvalue weighted by atomic mass is 10.1. The van der Waals surface area contributed by atoms with Crippen molar-refractivity contribution in [2.45, 2.75) is 16.6 Å². The molecule has 3 aromatic carbocycles. The molecule has 35 heavy (non-hydrogen) atoms. The number of carbonyl (C=O) groups excluding carboxylic acids is 1. The molecule has 1 N–H and O–H groups in total. The van der Waals surface area contributed by atoms with E-state index in [0.29, 0.717) is 22.3 Å². The maximum absolute atomic E-state index is 13.3. The van der Waals surface area contributed by atoms with Crippen LogP contribution in [0.15, 0.2) is 84.0 Å². The smallest absolute Gasteiger partial charge is 0.416 e. The molecule has 0 radical (unpaired) electrons. The van der Waals surface area contributed by atoms with Gasteiger partial charge in [-0.25, -0.2) is 0 Å². The number of alkyl halides is 3. The van der Waals surface area contributed by atoms with E-state index in [1.165, 1.54) is 12.1 Å². The predicted molar refractivity (Wildman–Crippen MR) is 128 cm³/mol. The summed E-state index contributed by atoms with van der Waals surface area (Å²) in [6.45, 7) is 0. The molecule has 1 unspecified atom stereocenters. The largest absolute Gasteiger partial charge is 0.497 e. The molecule has 4 rings (SSSR count). The zero-order valence-electron chi connectivity index (χ0n) is 18.8. The van der Waals surface area contributed by atoms with Crippen molar-refractivity contribution in [3.8, 4) is 17.1 Å². The molecule has 10 heteroatoms. The first-order valence-corrected chi connectivity index (χ1v) is 11.4. The third-order valence-corrected chi connectivity index (χ3v) is 6.49. The second kappa shape index (κ2) is 10.2. The fourth-order valence-electron chi connectivity index (χ4n) is 3.40. The highest BCUT2D eigenvalue weighted by Gasteiger charge is 2.31. The number of hydrogen-bond donors (Lipinski definition) is 1. The standard InChI is InChI=1S/C25H21F3N4O2S/c1-32-22(17-11-13-20(34-2)14-12-17)30-31-24(32)35-21(16-7-4-3-5-8-16)23(33)29-19-10-6-9-18(15-19)25(26,27)28/h3-15,21H,1-2H3,(H,29,33). The summed E-state index contributed by atoms with van der Waals surface area (Å²) in [7, 11) is 3.37. The SMILES string of the molecule is COc1ccc(-c2nnc(SC(C(=O)Nc3cccc(C(F)(F)F)c3)c3ccccc3)n2C)cc1. The number of benzene rings is 3. The first-order chi connectivity index (χ1) is 16.8. The average Bonchev–Trinajstić information content (AvgIpc) is 3.22. The second-order valence-corrected chi connectivity index (χ2v) is 8.64. The maximum atomic E-state index is 13.3. The Labute approximate surface area is 204 Å². The lowest BCUT2D eigenvalue weighted by Crippen LogP contribution is -2.20. The van der Waals surface area contributed by atoms with Crippen molar-refractivity contribution >= 4 is 23.4 Å². The van der Waals surface area contributed by atoms with Crippen LogP contribution in [0.25, 0.3) is 11.4 Å². The van der Waals surface area contributed by atoms with Crippen LogP contribution >= 0.6 is 11.8 Å². The molecule has 0 aliphatic heterocycles. The summed E-state index contributed by atoms with van der Waals surface area (Å²) in [4.78, 5) is 13.3. The van der Waals surface area contributed by atoms with E-state index in [0.717, 1.165) is 29.5 Å². The van der Waals surface area contributed by atoms with Crippen molar-refractivity contribution in [2.24, 2.45) is 7.05 Å². The Morgan fingerprint density at radius 1 is 1.00 bits per heavy atom. The van der Waals surface area contributed by atoms with Crippen molar-refractivity contribution in [1.29, 1.82) is 0 Å². The van der Waals surface area contributed by atoms with Gasteiger partial charge in [-0.1, -0.05) is 48.2 Å². The molecule has 0 aliphatic rings. The van der Waals surface area contributed by atoms with Crippen LogP contribution in [0.5, 0.6) is 5.75 Å². The number of nitrogens with zero attached hydrogens (tertiary/aromatic N) is 3. The minimum absolute atomic E-state index is 0.0586. The monoisotopic (exact) mass is 498 g/mol. The van der Waals surface area contributed by atoms with Crippen LogP contribution < -0.4 is 10.1 Å². The van der Waals surface area contributed by atoms with Gasteiger partial charge in [-0.15, -0.1) is 10.2 Å². The Kier molecular flexibility index (Phi) is 7.11. The fourth-order valence-corrected chi connectivity index (χ4v) is 4.40. The number of rotatable bonds is 7. The van der Waals surface area contributed by atoms with Gasteiger partial charge >= 0.3 is 6.18 Å². The summed E-state index contributed by atoms with van der Waals surface area (Å²) in [6.07, 6.45) is -4.51. The molecular formula is C25H21F3N4O2S. The third-order valence-electron chi connectivity index (χ3n) is 5.20. The first kappa shape index (κ1) is 24.3. The van der Waals surface area contributed by atoms with Gasteiger partial charge in [0.2, 0.25) is 5.91 Å². The summed E-state index contributed by atoms with van der Waals surface area (Å²) in [5, 5.41) is 10.8. The molecule has 1 heterocycles. The molecule has 4 aromatic rings. The second-order valence-electron chi connectivity index (χ2n) is 7.57. The molecule has 0 spiro atoms. The van der Waals surface area contributed by atoms with E-state index >= 15 is 0 Å². The van der Waals surface area contributed by atoms with Gasteiger partial charge in [-0.2, -0.15) is 13.2 Å². The maximum Gasteiger partial charge on any atom is 0.416 e. The summed E-state index contributed by atoms with van der Waals surface area (Å²) in [5.74, 6) is 0.829. The molecule has 1 amide bonds. The van der Waals surface area contributed by atoms with Crippen LogP contribution in [0.4, 0.5) is 18.9 Å². The summed E-state index contributed by atoms with van der Waals surface area (Å²) in [6, 6.07) is 20.8. The fraction of sp³-hybridized carbons (Fsp3) is 0.160. The highest BCUT2D eigenvalue weighted by atomic mass is 32.2. The number of anilines is 1. The molecular weight excluding hydrogens is 477 g/mol. The Bertz CT molecular complexity index is 1310. The van der Waals surface area contributed by atoms with Crippen molar-refractivity contribution < 1.29 is 22.7 Å². The van der Waals surface area contributed by atoms with E-state index in [-0.39, 0.29) is 5.69 Å². The Morgan fingerprint density at radius 3 is 2.37 bits per heavy atom. The van der Waals surface area contributed by atoms with Gasteiger partial charge in [0, 0.05) is 18.3 Å². The number of nitrogens with one attached hydrogen (secondary N) is 1. The van der Waals surface area contributed by atoms with Crippen LogP contribution in [-0.2, 0) is 18.0 Å². The Hall–Kier alpha value is -3.79. The minimum atomic E-state index is -4.51. The number of halogens is 3. The number of ether oxygens (including phenoxy) is 1. The number of aromatic nitrogens is 3. The van der Waals surface area contributed by atoms with Gasteiger partial charge in [0.15, 0.2) is 11.0 Å². The van der Waals surface area contributed by atoms with E-state index in [1.54, 1.807) is 43.0 Å². The number of amides is 1. The molecule has 1 aromatic heterocycles. The van der Waals surface area contributed by atoms with Crippen LogP contribution in [-0.4, -0.2) is 27.8 Å². The molecule has 6 nitrogen and oxygen atoms in total. The quantitative estimate of drug-likeness (QED) is 0.318. The van der Waals surface area contributed by atoms with Crippen molar-refractivity contribution in [2.75, 3.05) is 12.4 Å². The normalized spacial score (nSPS) is 12.3. The minimum Gasteiger partial charge on any atom is -0.497 e. The van der Waals surface area contributed by atoms with Gasteiger partial charge in [0.25, 0.3) is 0 Å². The van der Waals surface area contributed by atoms with Gasteiger partial charge < -0.3 is 14.6 Å². The highest BCUT2D eigenvalue weighted by Crippen LogP contribution is 2.37. The third kappa shape index (κ3) is 5.65. The number of carbonyl (C=O) groups is 1. The van der Waals surface area contributed by atoms with Crippen molar-refractivity contribution in [1.82, 2.24) is 14.8 Å². The zero-order chi connectivity index (χ0) is 25.0. The summed E-state index contributed by atoms with van der Waals surface area (Å²) < 4.78 is 46.3. The topological polar surface area (TPSA) is 69.0 Å². The Morgan fingerprint density at radius 2 is 1.71 bits per heavy atom. The number of thioether (sulfide) groups is 1. The van der Waals surface area contributed by atoms with Gasteiger partial charge in [-0.05, 0) is 48.0 Å². The van der Waals surface area contributed by atoms with Crippen LogP contribution in [0.1, 0.15) is 16.4 Å². The van der Waals surface area contributed by atoms with Crippen LogP contribution in [0, 0.1) is 0 Å². The lowest BCUT2D eigenvalue weighted by molar-refractivity contribution is -0.137.